The summed E-state index contributed by atoms with van der Waals surface area (Å²) in [5.41, 5.74) is 4.36. The maximum Gasteiger partial charge on any atom is 0.277 e. The average molecular weight is 489 g/mol. The smallest absolute Gasteiger partial charge is 0.277 e. The van der Waals surface area contributed by atoms with Crippen LogP contribution in [-0.2, 0) is 24.3 Å². The van der Waals surface area contributed by atoms with Gasteiger partial charge in [0.05, 0.1) is 18.3 Å². The van der Waals surface area contributed by atoms with E-state index in [-0.39, 0.29) is 24.0 Å². The summed E-state index contributed by atoms with van der Waals surface area (Å²) in [6.45, 7) is 0.905. The van der Waals surface area contributed by atoms with Crippen LogP contribution in [0.25, 0.3) is 10.9 Å². The molecule has 0 amide bonds. The van der Waals surface area contributed by atoms with Gasteiger partial charge in [0.15, 0.2) is 0 Å². The zero-order chi connectivity index (χ0) is 25.1. The number of hydrogen-bond acceptors (Lipinski definition) is 6. The fraction of sp³-hybridized carbons (Fsp3) is 0.333. The molecule has 2 aliphatic rings. The van der Waals surface area contributed by atoms with Gasteiger partial charge in [-0.05, 0) is 62.6 Å². The topological polar surface area (TPSA) is 105 Å². The van der Waals surface area contributed by atoms with Gasteiger partial charge in [-0.15, -0.1) is 0 Å². The minimum atomic E-state index is -0.279. The Balaban J connectivity index is 0.000000186. The van der Waals surface area contributed by atoms with Gasteiger partial charge < -0.3 is 20.4 Å². The predicted octanol–water partition coefficient (Wildman–Crippen LogP) is 3.84. The van der Waals surface area contributed by atoms with Gasteiger partial charge in [0, 0.05) is 41.5 Å². The van der Waals surface area contributed by atoms with E-state index in [2.05, 4.69) is 31.7 Å². The molecule has 1 unspecified atom stereocenters. The number of pyridine rings is 1. The van der Waals surface area contributed by atoms with Crippen molar-refractivity contribution in [1.82, 2.24) is 24.8 Å². The first-order valence-electron chi connectivity index (χ1n) is 12.2. The molecule has 4 aromatic rings. The van der Waals surface area contributed by atoms with Gasteiger partial charge in [0.2, 0.25) is 0 Å². The number of hydrogen-bond donors (Lipinski definition) is 3. The van der Waals surface area contributed by atoms with Crippen molar-refractivity contribution in [2.24, 2.45) is 0 Å². The van der Waals surface area contributed by atoms with E-state index < -0.39 is 0 Å². The summed E-state index contributed by atoms with van der Waals surface area (Å²) in [5.74, 6) is 0.768. The third kappa shape index (κ3) is 5.06. The highest BCUT2D eigenvalue weighted by Gasteiger charge is 2.32. The van der Waals surface area contributed by atoms with Gasteiger partial charge in [-0.3, -0.25) is 14.3 Å². The summed E-state index contributed by atoms with van der Waals surface area (Å²) >= 11 is 0. The lowest BCUT2D eigenvalue weighted by Crippen LogP contribution is -2.33. The summed E-state index contributed by atoms with van der Waals surface area (Å²) in [7, 11) is 1.93. The lowest BCUT2D eigenvalue weighted by molar-refractivity contribution is -0.108. The van der Waals surface area contributed by atoms with Crippen molar-refractivity contribution in [3.63, 3.8) is 0 Å². The van der Waals surface area contributed by atoms with E-state index >= 15 is 0 Å². The molecule has 3 N–H and O–H groups in total. The van der Waals surface area contributed by atoms with Crippen LogP contribution in [0.15, 0.2) is 53.6 Å². The van der Waals surface area contributed by atoms with Crippen molar-refractivity contribution in [2.45, 2.75) is 50.7 Å². The maximum absolute atomic E-state index is 13.1. The molecule has 36 heavy (non-hydrogen) atoms. The number of carbonyl (C=O) groups excluding carboxylic acids is 1. The molecule has 8 nitrogen and oxygen atoms in total. The highest BCUT2D eigenvalue weighted by atomic mass is 19.1. The van der Waals surface area contributed by atoms with Crippen molar-refractivity contribution in [1.29, 1.82) is 0 Å². The lowest BCUT2D eigenvalue weighted by atomic mass is 9.96. The first kappa shape index (κ1) is 23.9. The molecule has 1 aliphatic carbocycles. The van der Waals surface area contributed by atoms with Gasteiger partial charge in [-0.25, -0.2) is 9.37 Å². The molecular formula is C27H29FN6O2. The van der Waals surface area contributed by atoms with Crippen LogP contribution in [0, 0.1) is 5.82 Å². The summed E-state index contributed by atoms with van der Waals surface area (Å²) in [5, 5.41) is 7.51. The van der Waals surface area contributed by atoms with Crippen molar-refractivity contribution in [3.05, 3.63) is 87.7 Å². The minimum absolute atomic E-state index is 0.0356. The summed E-state index contributed by atoms with van der Waals surface area (Å²) in [4.78, 5) is 35.8. The Kier molecular flexibility index (Phi) is 6.90. The second kappa shape index (κ2) is 10.4. The van der Waals surface area contributed by atoms with E-state index in [1.807, 2.05) is 19.3 Å². The monoisotopic (exact) mass is 488 g/mol. The molecule has 0 bridgehead atoms. The Morgan fingerprint density at radius 3 is 2.69 bits per heavy atom. The fourth-order valence-electron chi connectivity index (χ4n) is 4.64. The number of aromatic nitrogens is 4. The van der Waals surface area contributed by atoms with E-state index in [1.165, 1.54) is 27.8 Å². The number of carbonyl (C=O) groups is 1. The molecule has 0 saturated heterocycles. The highest BCUT2D eigenvalue weighted by molar-refractivity contribution is 5.79. The molecular weight excluding hydrogens is 459 g/mol. The zero-order valence-electron chi connectivity index (χ0n) is 20.1. The van der Waals surface area contributed by atoms with Crippen LogP contribution in [0.1, 0.15) is 54.0 Å². The summed E-state index contributed by atoms with van der Waals surface area (Å²) in [6.07, 6.45) is 7.94. The van der Waals surface area contributed by atoms with Crippen LogP contribution < -0.4 is 16.2 Å². The molecule has 6 rings (SSSR count). The Morgan fingerprint density at radius 2 is 2.00 bits per heavy atom. The number of fused-ring (bicyclic) bond motifs is 2. The lowest BCUT2D eigenvalue weighted by Gasteiger charge is -2.27. The SMILES string of the molecule is CNCc1cc2cnccc2[nH]1.O=CCn1c(C2CC2)nc2c(c1=O)NC(c1ccc(F)cc1)CC2. The molecule has 0 radical (unpaired) electrons. The first-order valence-corrected chi connectivity index (χ1v) is 12.2. The number of aromatic amines is 1. The second-order valence-electron chi connectivity index (χ2n) is 9.22. The van der Waals surface area contributed by atoms with Crippen LogP contribution in [0.3, 0.4) is 0 Å². The van der Waals surface area contributed by atoms with Crippen molar-refractivity contribution in [3.8, 4) is 0 Å². The van der Waals surface area contributed by atoms with Crippen LogP contribution in [0.2, 0.25) is 0 Å². The molecule has 1 fully saturated rings. The van der Waals surface area contributed by atoms with E-state index in [0.29, 0.717) is 18.0 Å². The molecule has 1 saturated carbocycles. The Hall–Kier alpha value is -3.85. The zero-order valence-corrected chi connectivity index (χ0v) is 20.1. The van der Waals surface area contributed by atoms with Gasteiger partial charge >= 0.3 is 0 Å². The Bertz CT molecular complexity index is 1390. The largest absolute Gasteiger partial charge is 0.372 e. The third-order valence-electron chi connectivity index (χ3n) is 6.58. The van der Waals surface area contributed by atoms with Gasteiger partial charge in [-0.1, -0.05) is 12.1 Å². The number of benzene rings is 1. The fourth-order valence-corrected chi connectivity index (χ4v) is 4.64. The molecule has 4 heterocycles. The van der Waals surface area contributed by atoms with E-state index in [4.69, 9.17) is 0 Å². The number of nitrogens with one attached hydrogen (secondary N) is 3. The normalized spacial score (nSPS) is 16.6. The van der Waals surface area contributed by atoms with E-state index in [0.717, 1.165) is 54.7 Å². The second-order valence-corrected chi connectivity index (χ2v) is 9.22. The van der Waals surface area contributed by atoms with Crippen molar-refractivity contribution in [2.75, 3.05) is 12.4 Å². The molecule has 9 heteroatoms. The van der Waals surface area contributed by atoms with Gasteiger partial charge in [-0.2, -0.15) is 0 Å². The molecule has 1 aromatic carbocycles. The van der Waals surface area contributed by atoms with Crippen molar-refractivity contribution >= 4 is 22.9 Å². The number of rotatable bonds is 6. The molecule has 0 spiro atoms. The highest BCUT2D eigenvalue weighted by Crippen LogP contribution is 2.40. The standard InChI is InChI=1S/C18H18FN3O2.C9H11N3/c19-13-5-3-11(4-6-13)14-7-8-15-16(20-14)18(24)22(9-10-23)17(21-15)12-1-2-12;1-10-6-8-4-7-5-11-3-2-9(7)12-8/h3-6,10,12,14,20H,1-2,7-9H2;2-5,10,12H,6H2,1H3. The summed E-state index contributed by atoms with van der Waals surface area (Å²) < 4.78 is 14.6. The molecule has 1 atom stereocenters. The maximum atomic E-state index is 13.1. The Morgan fingerprint density at radius 1 is 1.19 bits per heavy atom. The van der Waals surface area contributed by atoms with Crippen LogP contribution in [0.4, 0.5) is 10.1 Å². The minimum Gasteiger partial charge on any atom is -0.372 e. The van der Waals surface area contributed by atoms with Gasteiger partial charge in [0.1, 0.15) is 23.6 Å². The van der Waals surface area contributed by atoms with E-state index in [9.17, 15) is 14.0 Å². The molecule has 3 aromatic heterocycles. The number of H-pyrrole nitrogens is 1. The number of anilines is 1. The molecule has 186 valence electrons. The van der Waals surface area contributed by atoms with Gasteiger partial charge in [0.25, 0.3) is 5.56 Å². The third-order valence-corrected chi connectivity index (χ3v) is 6.58. The number of aldehydes is 1. The first-order chi connectivity index (χ1) is 17.6. The van der Waals surface area contributed by atoms with Crippen LogP contribution >= 0.6 is 0 Å². The number of halogens is 1. The predicted molar refractivity (Wildman–Crippen MR) is 136 cm³/mol. The van der Waals surface area contributed by atoms with Crippen LogP contribution in [-0.4, -0.2) is 32.9 Å². The van der Waals surface area contributed by atoms with Crippen molar-refractivity contribution < 1.29 is 9.18 Å². The number of nitrogens with zero attached hydrogens (tertiary/aromatic N) is 3. The number of aryl methyl sites for hydroxylation is 1. The Labute approximate surface area is 208 Å². The van der Waals surface area contributed by atoms with E-state index in [1.54, 1.807) is 18.3 Å². The summed E-state index contributed by atoms with van der Waals surface area (Å²) in [6, 6.07) is 10.3. The molecule has 1 aliphatic heterocycles. The quantitative estimate of drug-likeness (QED) is 0.356. The van der Waals surface area contributed by atoms with Crippen LogP contribution in [0.5, 0.6) is 0 Å². The average Bonchev–Trinajstić information content (AvgIpc) is 3.66.